The summed E-state index contributed by atoms with van der Waals surface area (Å²) in [5.74, 6) is 0. The summed E-state index contributed by atoms with van der Waals surface area (Å²) in [4.78, 5) is 10.9. The van der Waals surface area contributed by atoms with E-state index in [2.05, 4.69) is 42.2 Å². The smallest absolute Gasteiger partial charge is 0.153 e. The van der Waals surface area contributed by atoms with Crippen LogP contribution < -0.4 is 0 Å². The molecule has 0 atom stereocenters. The number of hydrogen-bond acceptors (Lipinski definition) is 2. The molecule has 1 aromatic heterocycles. The summed E-state index contributed by atoms with van der Waals surface area (Å²) < 4.78 is 0. The van der Waals surface area contributed by atoms with Gasteiger partial charge in [0, 0.05) is 5.56 Å². The minimum atomic E-state index is 0.611. The molecule has 0 radical (unpaired) electrons. The van der Waals surface area contributed by atoms with Gasteiger partial charge in [0.1, 0.15) is 0 Å². The van der Waals surface area contributed by atoms with Crippen LogP contribution in [0.15, 0.2) is 24.4 Å². The quantitative estimate of drug-likeness (QED) is 0.817. The highest BCUT2D eigenvalue weighted by atomic mass is 16.1. The average Bonchev–Trinajstić information content (AvgIpc) is 2.86. The van der Waals surface area contributed by atoms with Crippen LogP contribution in [-0.2, 0) is 12.8 Å². The highest BCUT2D eigenvalue weighted by Gasteiger charge is 2.08. The number of H-pyrrole nitrogens is 1. The molecule has 0 aliphatic carbocycles. The standard InChI is InChI=1S/C14H16N2O/c1-3-10-5-11(4-2)7-12(6-10)14-13(9-17)8-15-16-14/h5-9H,3-4H2,1-2H3,(H,15,16). The van der Waals surface area contributed by atoms with Crippen molar-refractivity contribution in [2.75, 3.05) is 0 Å². The molecule has 0 unspecified atom stereocenters. The van der Waals surface area contributed by atoms with Gasteiger partial charge in [-0.25, -0.2) is 0 Å². The summed E-state index contributed by atoms with van der Waals surface area (Å²) in [5.41, 5.74) is 5.03. The first-order valence-electron chi connectivity index (χ1n) is 5.90. The zero-order chi connectivity index (χ0) is 12.3. The molecule has 0 aliphatic heterocycles. The Labute approximate surface area is 101 Å². The molecule has 0 amide bonds. The molecule has 17 heavy (non-hydrogen) atoms. The van der Waals surface area contributed by atoms with Crippen molar-refractivity contribution in [3.8, 4) is 11.3 Å². The zero-order valence-corrected chi connectivity index (χ0v) is 10.2. The lowest BCUT2D eigenvalue weighted by atomic mass is 9.99. The summed E-state index contributed by atoms with van der Waals surface area (Å²) >= 11 is 0. The summed E-state index contributed by atoms with van der Waals surface area (Å²) in [6, 6.07) is 6.43. The molecule has 0 saturated carbocycles. The Morgan fingerprint density at radius 1 is 1.18 bits per heavy atom. The van der Waals surface area contributed by atoms with Gasteiger partial charge in [0.25, 0.3) is 0 Å². The molecule has 3 nitrogen and oxygen atoms in total. The van der Waals surface area contributed by atoms with Crippen molar-refractivity contribution in [2.24, 2.45) is 0 Å². The number of benzene rings is 1. The Bertz CT molecular complexity index is 507. The number of aryl methyl sites for hydroxylation is 2. The van der Waals surface area contributed by atoms with E-state index in [0.29, 0.717) is 5.56 Å². The minimum Gasteiger partial charge on any atom is -0.298 e. The second kappa shape index (κ2) is 4.95. The van der Waals surface area contributed by atoms with Crippen molar-refractivity contribution in [3.05, 3.63) is 41.1 Å². The first-order chi connectivity index (χ1) is 8.28. The first-order valence-corrected chi connectivity index (χ1v) is 5.90. The Hall–Kier alpha value is -1.90. The lowest BCUT2D eigenvalue weighted by Gasteiger charge is -2.06. The number of nitrogens with zero attached hydrogens (tertiary/aromatic N) is 1. The topological polar surface area (TPSA) is 45.8 Å². The van der Waals surface area contributed by atoms with Gasteiger partial charge in [0.2, 0.25) is 0 Å². The van der Waals surface area contributed by atoms with Gasteiger partial charge in [-0.15, -0.1) is 0 Å². The van der Waals surface area contributed by atoms with Crippen molar-refractivity contribution in [1.29, 1.82) is 0 Å². The van der Waals surface area contributed by atoms with Crippen molar-refractivity contribution in [1.82, 2.24) is 10.2 Å². The highest BCUT2D eigenvalue weighted by molar-refractivity contribution is 5.85. The van der Waals surface area contributed by atoms with Crippen LogP contribution in [0, 0.1) is 0 Å². The fourth-order valence-corrected chi connectivity index (χ4v) is 1.93. The molecule has 3 heteroatoms. The maximum Gasteiger partial charge on any atom is 0.153 e. The van der Waals surface area contributed by atoms with Crippen LogP contribution in [0.4, 0.5) is 0 Å². The van der Waals surface area contributed by atoms with Crippen LogP contribution in [0.25, 0.3) is 11.3 Å². The van der Waals surface area contributed by atoms with Crippen molar-refractivity contribution in [2.45, 2.75) is 26.7 Å². The largest absolute Gasteiger partial charge is 0.298 e. The molecule has 1 N–H and O–H groups in total. The van der Waals surface area contributed by atoms with Gasteiger partial charge in [-0.2, -0.15) is 5.10 Å². The first kappa shape index (κ1) is 11.6. The second-order valence-electron chi connectivity index (χ2n) is 4.06. The summed E-state index contributed by atoms with van der Waals surface area (Å²) in [5, 5.41) is 6.82. The van der Waals surface area contributed by atoms with Crippen LogP contribution >= 0.6 is 0 Å². The fraction of sp³-hybridized carbons (Fsp3) is 0.286. The molecular weight excluding hydrogens is 212 g/mol. The van der Waals surface area contributed by atoms with Crippen molar-refractivity contribution >= 4 is 6.29 Å². The number of rotatable bonds is 4. The predicted molar refractivity (Wildman–Crippen MR) is 68.2 cm³/mol. The number of aldehydes is 1. The Balaban J connectivity index is 2.54. The minimum absolute atomic E-state index is 0.611. The lowest BCUT2D eigenvalue weighted by Crippen LogP contribution is -1.91. The van der Waals surface area contributed by atoms with Crippen LogP contribution in [0.1, 0.15) is 35.3 Å². The number of hydrogen-bond donors (Lipinski definition) is 1. The van der Waals surface area contributed by atoms with E-state index in [9.17, 15) is 4.79 Å². The van der Waals surface area contributed by atoms with Gasteiger partial charge in [0.15, 0.2) is 6.29 Å². The van der Waals surface area contributed by atoms with Crippen LogP contribution in [0.3, 0.4) is 0 Å². The molecule has 0 spiro atoms. The maximum atomic E-state index is 10.9. The molecular formula is C14H16N2O. The maximum absolute atomic E-state index is 10.9. The Kier molecular flexibility index (Phi) is 3.38. The van der Waals surface area contributed by atoms with Gasteiger partial charge in [-0.1, -0.05) is 19.9 Å². The van der Waals surface area contributed by atoms with Gasteiger partial charge >= 0.3 is 0 Å². The van der Waals surface area contributed by atoms with Crippen molar-refractivity contribution in [3.63, 3.8) is 0 Å². The van der Waals surface area contributed by atoms with E-state index in [1.165, 1.54) is 11.1 Å². The second-order valence-corrected chi connectivity index (χ2v) is 4.06. The van der Waals surface area contributed by atoms with Crippen molar-refractivity contribution < 1.29 is 4.79 Å². The van der Waals surface area contributed by atoms with E-state index >= 15 is 0 Å². The molecule has 0 saturated heterocycles. The van der Waals surface area contributed by atoms with E-state index in [1.807, 2.05) is 0 Å². The summed E-state index contributed by atoms with van der Waals surface area (Å²) in [6.45, 7) is 4.26. The molecule has 2 aromatic rings. The van der Waals surface area contributed by atoms with E-state index in [1.54, 1.807) is 6.20 Å². The third-order valence-corrected chi connectivity index (χ3v) is 2.95. The van der Waals surface area contributed by atoms with Crippen LogP contribution in [-0.4, -0.2) is 16.5 Å². The monoisotopic (exact) mass is 228 g/mol. The number of aromatic amines is 1. The lowest BCUT2D eigenvalue weighted by molar-refractivity contribution is 0.112. The van der Waals surface area contributed by atoms with E-state index < -0.39 is 0 Å². The third-order valence-electron chi connectivity index (χ3n) is 2.95. The van der Waals surface area contributed by atoms with Gasteiger partial charge in [-0.05, 0) is 36.1 Å². The van der Waals surface area contributed by atoms with Gasteiger partial charge in [0.05, 0.1) is 17.5 Å². The third kappa shape index (κ3) is 2.28. The van der Waals surface area contributed by atoms with E-state index in [4.69, 9.17) is 0 Å². The molecule has 2 rings (SSSR count). The number of nitrogens with one attached hydrogen (secondary N) is 1. The number of carbonyl (C=O) groups excluding carboxylic acids is 1. The van der Waals surface area contributed by atoms with E-state index in [0.717, 1.165) is 30.4 Å². The van der Waals surface area contributed by atoms with Gasteiger partial charge < -0.3 is 0 Å². The predicted octanol–water partition coefficient (Wildman–Crippen LogP) is 3.01. The summed E-state index contributed by atoms with van der Waals surface area (Å²) in [6.07, 6.45) is 4.38. The fourth-order valence-electron chi connectivity index (χ4n) is 1.93. The molecule has 1 aromatic carbocycles. The molecule has 88 valence electrons. The molecule has 0 bridgehead atoms. The average molecular weight is 228 g/mol. The van der Waals surface area contributed by atoms with Gasteiger partial charge in [-0.3, -0.25) is 9.89 Å². The summed E-state index contributed by atoms with van der Waals surface area (Å²) in [7, 11) is 0. The molecule has 0 aliphatic rings. The molecule has 0 fully saturated rings. The van der Waals surface area contributed by atoms with E-state index in [-0.39, 0.29) is 0 Å². The Morgan fingerprint density at radius 3 is 2.35 bits per heavy atom. The normalized spacial score (nSPS) is 10.5. The van der Waals surface area contributed by atoms with Crippen LogP contribution in [0.5, 0.6) is 0 Å². The number of carbonyl (C=O) groups is 1. The van der Waals surface area contributed by atoms with Crippen LogP contribution in [0.2, 0.25) is 0 Å². The Morgan fingerprint density at radius 2 is 1.82 bits per heavy atom. The highest BCUT2D eigenvalue weighted by Crippen LogP contribution is 2.23. The number of aromatic nitrogens is 2. The SMILES string of the molecule is CCc1cc(CC)cc(-c2[nH]ncc2C=O)c1. The molecule has 1 heterocycles. The zero-order valence-electron chi connectivity index (χ0n) is 10.2.